The van der Waals surface area contributed by atoms with Crippen LogP contribution >= 0.6 is 24.0 Å². The number of benzene rings is 1. The smallest absolute Gasteiger partial charge is 0.191 e. The Morgan fingerprint density at radius 1 is 1.18 bits per heavy atom. The molecule has 0 saturated carbocycles. The SMILES string of the molecule is CN=C(NCCN1CCCCC1)NCC1(c2cccc(F)c2)CCOCC1.I. The number of likely N-dealkylation sites (tertiary alicyclic amines) is 1. The molecule has 0 spiro atoms. The molecule has 0 radical (unpaired) electrons. The number of piperidine rings is 1. The summed E-state index contributed by atoms with van der Waals surface area (Å²) in [4.78, 5) is 6.88. The van der Waals surface area contributed by atoms with Crippen LogP contribution in [-0.2, 0) is 10.2 Å². The summed E-state index contributed by atoms with van der Waals surface area (Å²) >= 11 is 0. The van der Waals surface area contributed by atoms with E-state index in [9.17, 15) is 4.39 Å². The second-order valence-electron chi connectivity index (χ2n) is 7.66. The highest BCUT2D eigenvalue weighted by Crippen LogP contribution is 2.34. The van der Waals surface area contributed by atoms with Crippen molar-refractivity contribution in [2.75, 3.05) is 53.0 Å². The lowest BCUT2D eigenvalue weighted by Gasteiger charge is -2.38. The molecule has 0 aromatic heterocycles. The average molecular weight is 504 g/mol. The molecule has 1 aromatic rings. The molecule has 2 saturated heterocycles. The number of aliphatic imine (C=N–C) groups is 1. The van der Waals surface area contributed by atoms with E-state index in [1.54, 1.807) is 19.2 Å². The molecule has 0 amide bonds. The van der Waals surface area contributed by atoms with Crippen LogP contribution in [0.3, 0.4) is 0 Å². The molecule has 2 heterocycles. The fourth-order valence-corrected chi connectivity index (χ4v) is 4.14. The molecule has 0 atom stereocenters. The second kappa shape index (κ2) is 11.9. The lowest BCUT2D eigenvalue weighted by molar-refractivity contribution is 0.0513. The van der Waals surface area contributed by atoms with Crippen LogP contribution in [0.15, 0.2) is 29.3 Å². The van der Waals surface area contributed by atoms with Gasteiger partial charge in [0, 0.05) is 45.3 Å². The average Bonchev–Trinajstić information content (AvgIpc) is 2.72. The van der Waals surface area contributed by atoms with Crippen LogP contribution in [0.5, 0.6) is 0 Å². The number of ether oxygens (including phenoxy) is 1. The Labute approximate surface area is 185 Å². The molecule has 0 unspecified atom stereocenters. The topological polar surface area (TPSA) is 48.9 Å². The number of hydrogen-bond acceptors (Lipinski definition) is 3. The standard InChI is InChI=1S/C21H33FN4O.HI/c1-23-20(24-10-13-26-11-3-2-4-12-26)25-17-21(8-14-27-15-9-21)18-6-5-7-19(22)16-18;/h5-7,16H,2-4,8-15,17H2,1H3,(H2,23,24,25);1H. The van der Waals surface area contributed by atoms with Crippen LogP contribution in [0.25, 0.3) is 0 Å². The van der Waals surface area contributed by atoms with Gasteiger partial charge in [0.15, 0.2) is 5.96 Å². The van der Waals surface area contributed by atoms with Crippen LogP contribution in [0.1, 0.15) is 37.7 Å². The predicted molar refractivity (Wildman–Crippen MR) is 123 cm³/mol. The Morgan fingerprint density at radius 2 is 1.93 bits per heavy atom. The first-order valence-electron chi connectivity index (χ1n) is 10.2. The minimum Gasteiger partial charge on any atom is -0.381 e. The van der Waals surface area contributed by atoms with Gasteiger partial charge < -0.3 is 20.3 Å². The van der Waals surface area contributed by atoms with Gasteiger partial charge in [-0.1, -0.05) is 18.6 Å². The molecule has 2 fully saturated rings. The third kappa shape index (κ3) is 6.56. The number of halogens is 2. The van der Waals surface area contributed by atoms with Gasteiger partial charge in [-0.2, -0.15) is 0 Å². The summed E-state index contributed by atoms with van der Waals surface area (Å²) in [5, 5.41) is 6.91. The summed E-state index contributed by atoms with van der Waals surface area (Å²) < 4.78 is 19.4. The van der Waals surface area contributed by atoms with E-state index in [1.165, 1.54) is 38.4 Å². The van der Waals surface area contributed by atoms with Gasteiger partial charge in [0.05, 0.1) is 0 Å². The first kappa shape index (κ1) is 23.3. The summed E-state index contributed by atoms with van der Waals surface area (Å²) in [6, 6.07) is 7.00. The van der Waals surface area contributed by atoms with E-state index in [4.69, 9.17) is 4.74 Å². The molecule has 5 nitrogen and oxygen atoms in total. The van der Waals surface area contributed by atoms with Gasteiger partial charge in [-0.25, -0.2) is 4.39 Å². The van der Waals surface area contributed by atoms with Crippen LogP contribution in [0, 0.1) is 5.82 Å². The number of hydrogen-bond donors (Lipinski definition) is 2. The molecule has 28 heavy (non-hydrogen) atoms. The van der Waals surface area contributed by atoms with Crippen molar-refractivity contribution in [2.45, 2.75) is 37.5 Å². The maximum Gasteiger partial charge on any atom is 0.191 e. The number of nitrogens with one attached hydrogen (secondary N) is 2. The molecule has 0 aliphatic carbocycles. The van der Waals surface area contributed by atoms with Crippen molar-refractivity contribution in [2.24, 2.45) is 4.99 Å². The zero-order chi connectivity index (χ0) is 19.0. The third-order valence-electron chi connectivity index (χ3n) is 5.87. The molecular weight excluding hydrogens is 470 g/mol. The molecule has 158 valence electrons. The number of nitrogens with zero attached hydrogens (tertiary/aromatic N) is 2. The van der Waals surface area contributed by atoms with Crippen molar-refractivity contribution in [1.29, 1.82) is 0 Å². The normalized spacial score (nSPS) is 20.3. The molecule has 2 aliphatic heterocycles. The fraction of sp³-hybridized carbons (Fsp3) is 0.667. The first-order chi connectivity index (χ1) is 13.2. The highest BCUT2D eigenvalue weighted by molar-refractivity contribution is 14.0. The highest BCUT2D eigenvalue weighted by Gasteiger charge is 2.34. The molecule has 1 aromatic carbocycles. The molecule has 7 heteroatoms. The Bertz CT molecular complexity index is 616. The summed E-state index contributed by atoms with van der Waals surface area (Å²) in [7, 11) is 1.80. The Balaban J connectivity index is 0.00000280. The van der Waals surface area contributed by atoms with Gasteiger partial charge in [0.25, 0.3) is 0 Å². The van der Waals surface area contributed by atoms with Crippen molar-refractivity contribution in [1.82, 2.24) is 15.5 Å². The van der Waals surface area contributed by atoms with E-state index in [2.05, 4.69) is 20.5 Å². The Kier molecular flexibility index (Phi) is 9.94. The molecule has 0 bridgehead atoms. The van der Waals surface area contributed by atoms with E-state index in [-0.39, 0.29) is 35.2 Å². The van der Waals surface area contributed by atoms with Gasteiger partial charge in [0.2, 0.25) is 0 Å². The zero-order valence-electron chi connectivity index (χ0n) is 16.9. The zero-order valence-corrected chi connectivity index (χ0v) is 19.2. The van der Waals surface area contributed by atoms with Gasteiger partial charge in [-0.05, 0) is 56.5 Å². The van der Waals surface area contributed by atoms with E-state index in [0.717, 1.165) is 44.0 Å². The molecular formula is C21H34FIN4O. The van der Waals surface area contributed by atoms with Gasteiger partial charge >= 0.3 is 0 Å². The van der Waals surface area contributed by atoms with Crippen LogP contribution in [0.4, 0.5) is 4.39 Å². The first-order valence-corrected chi connectivity index (χ1v) is 10.2. The Morgan fingerprint density at radius 3 is 2.61 bits per heavy atom. The lowest BCUT2D eigenvalue weighted by atomic mass is 9.74. The van der Waals surface area contributed by atoms with Crippen molar-refractivity contribution in [3.05, 3.63) is 35.6 Å². The quantitative estimate of drug-likeness (QED) is 0.355. The summed E-state index contributed by atoms with van der Waals surface area (Å²) in [5.74, 6) is 0.636. The second-order valence-corrected chi connectivity index (χ2v) is 7.66. The minimum atomic E-state index is -0.178. The van der Waals surface area contributed by atoms with Crippen molar-refractivity contribution >= 4 is 29.9 Å². The van der Waals surface area contributed by atoms with Gasteiger partial charge in [-0.3, -0.25) is 4.99 Å². The summed E-state index contributed by atoms with van der Waals surface area (Å²) in [6.07, 6.45) is 5.75. The van der Waals surface area contributed by atoms with Gasteiger partial charge in [-0.15, -0.1) is 24.0 Å². The van der Waals surface area contributed by atoms with Crippen LogP contribution < -0.4 is 10.6 Å². The van der Waals surface area contributed by atoms with E-state index >= 15 is 0 Å². The van der Waals surface area contributed by atoms with Gasteiger partial charge in [0.1, 0.15) is 5.82 Å². The lowest BCUT2D eigenvalue weighted by Crippen LogP contribution is -2.49. The molecule has 3 rings (SSSR count). The number of rotatable bonds is 6. The highest BCUT2D eigenvalue weighted by atomic mass is 127. The summed E-state index contributed by atoms with van der Waals surface area (Å²) in [5.41, 5.74) is 0.923. The maximum atomic E-state index is 13.8. The minimum absolute atomic E-state index is 0. The number of guanidine groups is 1. The van der Waals surface area contributed by atoms with Crippen LogP contribution in [-0.4, -0.2) is 63.8 Å². The fourth-order valence-electron chi connectivity index (χ4n) is 4.14. The van der Waals surface area contributed by atoms with Crippen molar-refractivity contribution < 1.29 is 9.13 Å². The Hall–Kier alpha value is -0.930. The van der Waals surface area contributed by atoms with E-state index < -0.39 is 0 Å². The van der Waals surface area contributed by atoms with Crippen molar-refractivity contribution in [3.8, 4) is 0 Å². The molecule has 2 N–H and O–H groups in total. The van der Waals surface area contributed by atoms with E-state index in [1.807, 2.05) is 6.07 Å². The van der Waals surface area contributed by atoms with Crippen LogP contribution in [0.2, 0.25) is 0 Å². The largest absolute Gasteiger partial charge is 0.381 e. The summed E-state index contributed by atoms with van der Waals surface area (Å²) in [6.45, 7) is 6.48. The van der Waals surface area contributed by atoms with Crippen molar-refractivity contribution in [3.63, 3.8) is 0 Å². The molecule has 2 aliphatic rings. The monoisotopic (exact) mass is 504 g/mol. The third-order valence-corrected chi connectivity index (χ3v) is 5.87. The maximum absolute atomic E-state index is 13.8. The predicted octanol–water partition coefficient (Wildman–Crippen LogP) is 3.14. The van der Waals surface area contributed by atoms with E-state index in [0.29, 0.717) is 13.2 Å².